The smallest absolute Gasteiger partial charge is 0.238 e. The Balaban J connectivity index is 1.37. The lowest BCUT2D eigenvalue weighted by Crippen LogP contribution is -2.07. The summed E-state index contributed by atoms with van der Waals surface area (Å²) in [5.41, 5.74) is 9.93. The molecule has 0 spiro atoms. The number of hydrogen-bond donors (Lipinski definition) is 0. The van der Waals surface area contributed by atoms with Crippen LogP contribution >= 0.6 is 11.6 Å². The van der Waals surface area contributed by atoms with Crippen molar-refractivity contribution in [3.63, 3.8) is 0 Å². The first kappa shape index (κ1) is 29.8. The Morgan fingerprint density at radius 2 is 0.840 bits per heavy atom. The number of fused-ring (bicyclic) bond motifs is 3. The van der Waals surface area contributed by atoms with Gasteiger partial charge in [-0.3, -0.25) is 4.57 Å². The third kappa shape index (κ3) is 5.23. The highest BCUT2D eigenvalue weighted by molar-refractivity contribution is 6.34. The van der Waals surface area contributed by atoms with E-state index in [1.807, 2.05) is 54.6 Å². The lowest BCUT2D eigenvalue weighted by molar-refractivity contribution is 0.954. The van der Waals surface area contributed by atoms with Crippen LogP contribution in [0.2, 0.25) is 5.02 Å². The summed E-state index contributed by atoms with van der Waals surface area (Å²) in [5.74, 6) is 1.69. The molecule has 0 unspecified atom stereocenters. The van der Waals surface area contributed by atoms with E-state index in [0.29, 0.717) is 22.6 Å². The van der Waals surface area contributed by atoms with Gasteiger partial charge in [-0.05, 0) is 52.1 Å². The minimum atomic E-state index is 0.546. The molecular formula is C45H29ClN4. The minimum absolute atomic E-state index is 0.546. The SMILES string of the molecule is Clc1cc(-c2ccccc2-c2ccccc2)c(-c2nc(-c3ccccc3)nc(-n3c4ccccc4c4ccccc43)n2)cc1-c1ccccc1. The fraction of sp³-hybridized carbons (Fsp3) is 0. The number of benzene rings is 7. The van der Waals surface area contributed by atoms with Crippen molar-refractivity contribution >= 4 is 33.4 Å². The van der Waals surface area contributed by atoms with Crippen LogP contribution in [0.4, 0.5) is 0 Å². The second-order valence-corrected chi connectivity index (χ2v) is 12.6. The summed E-state index contributed by atoms with van der Waals surface area (Å²) in [6, 6.07) is 60.2. The van der Waals surface area contributed by atoms with E-state index in [4.69, 9.17) is 26.6 Å². The second-order valence-electron chi connectivity index (χ2n) is 12.2. The van der Waals surface area contributed by atoms with Gasteiger partial charge in [0.25, 0.3) is 0 Å². The van der Waals surface area contributed by atoms with Crippen LogP contribution in [0.1, 0.15) is 0 Å². The Labute approximate surface area is 295 Å². The summed E-state index contributed by atoms with van der Waals surface area (Å²) in [6.45, 7) is 0. The van der Waals surface area contributed by atoms with E-state index in [2.05, 4.69) is 126 Å². The maximum atomic E-state index is 7.18. The van der Waals surface area contributed by atoms with Crippen LogP contribution in [-0.4, -0.2) is 19.5 Å². The third-order valence-corrected chi connectivity index (χ3v) is 9.48. The molecule has 9 aromatic rings. The minimum Gasteiger partial charge on any atom is -0.278 e. The molecule has 0 amide bonds. The molecule has 0 saturated carbocycles. The third-order valence-electron chi connectivity index (χ3n) is 9.17. The van der Waals surface area contributed by atoms with Crippen molar-refractivity contribution in [3.05, 3.63) is 181 Å². The van der Waals surface area contributed by atoms with E-state index in [-0.39, 0.29) is 0 Å². The van der Waals surface area contributed by atoms with Crippen LogP contribution in [0.15, 0.2) is 176 Å². The maximum Gasteiger partial charge on any atom is 0.238 e. The van der Waals surface area contributed by atoms with E-state index < -0.39 is 0 Å². The first-order chi connectivity index (χ1) is 24.7. The molecular weight excluding hydrogens is 632 g/mol. The van der Waals surface area contributed by atoms with Crippen molar-refractivity contribution in [2.75, 3.05) is 0 Å². The van der Waals surface area contributed by atoms with Crippen LogP contribution in [0, 0.1) is 0 Å². The highest BCUT2D eigenvalue weighted by Crippen LogP contribution is 2.43. The van der Waals surface area contributed by atoms with Crippen LogP contribution in [0.5, 0.6) is 0 Å². The molecule has 4 nitrogen and oxygen atoms in total. The predicted octanol–water partition coefficient (Wildman–Crippen LogP) is 12.0. The first-order valence-electron chi connectivity index (χ1n) is 16.6. The Morgan fingerprint density at radius 1 is 0.360 bits per heavy atom. The fourth-order valence-corrected chi connectivity index (χ4v) is 7.12. The topological polar surface area (TPSA) is 43.6 Å². The van der Waals surface area contributed by atoms with Crippen LogP contribution in [0.3, 0.4) is 0 Å². The summed E-state index contributed by atoms with van der Waals surface area (Å²) in [6.07, 6.45) is 0. The van der Waals surface area contributed by atoms with Crippen LogP contribution in [-0.2, 0) is 0 Å². The van der Waals surface area contributed by atoms with Gasteiger partial charge in [0.2, 0.25) is 5.95 Å². The van der Waals surface area contributed by atoms with E-state index in [1.165, 1.54) is 0 Å². The molecule has 0 N–H and O–H groups in total. The lowest BCUT2D eigenvalue weighted by Gasteiger charge is -2.18. The van der Waals surface area contributed by atoms with Gasteiger partial charge in [-0.2, -0.15) is 9.97 Å². The van der Waals surface area contributed by atoms with Crippen molar-refractivity contribution in [3.8, 4) is 62.1 Å². The fourth-order valence-electron chi connectivity index (χ4n) is 6.85. The molecule has 5 heteroatoms. The predicted molar refractivity (Wildman–Crippen MR) is 206 cm³/mol. The Bertz CT molecular complexity index is 2600. The molecule has 9 rings (SSSR count). The lowest BCUT2D eigenvalue weighted by atomic mass is 9.89. The number of hydrogen-bond acceptors (Lipinski definition) is 3. The van der Waals surface area contributed by atoms with Crippen molar-refractivity contribution in [1.82, 2.24) is 19.5 Å². The molecule has 0 saturated heterocycles. The van der Waals surface area contributed by atoms with E-state index >= 15 is 0 Å². The molecule has 0 aliphatic rings. The van der Waals surface area contributed by atoms with Gasteiger partial charge < -0.3 is 0 Å². The maximum absolute atomic E-state index is 7.18. The monoisotopic (exact) mass is 660 g/mol. The Kier molecular flexibility index (Phi) is 7.49. The van der Waals surface area contributed by atoms with Crippen LogP contribution in [0.25, 0.3) is 83.9 Å². The molecule has 0 bridgehead atoms. The largest absolute Gasteiger partial charge is 0.278 e. The summed E-state index contributed by atoms with van der Waals surface area (Å²) in [4.78, 5) is 15.7. The molecule has 236 valence electrons. The van der Waals surface area contributed by atoms with Crippen molar-refractivity contribution in [1.29, 1.82) is 0 Å². The Hall–Kier alpha value is -6.36. The van der Waals surface area contributed by atoms with Crippen molar-refractivity contribution in [2.24, 2.45) is 0 Å². The summed E-state index contributed by atoms with van der Waals surface area (Å²) < 4.78 is 2.15. The van der Waals surface area contributed by atoms with Gasteiger partial charge in [0.05, 0.1) is 11.0 Å². The molecule has 0 atom stereocenters. The van der Waals surface area contributed by atoms with Crippen LogP contribution < -0.4 is 0 Å². The molecule has 0 aliphatic heterocycles. The van der Waals surface area contributed by atoms with Gasteiger partial charge in [-0.15, -0.1) is 0 Å². The molecule has 0 aliphatic carbocycles. The molecule has 2 heterocycles. The number of halogens is 1. The molecule has 50 heavy (non-hydrogen) atoms. The van der Waals surface area contributed by atoms with Crippen molar-refractivity contribution in [2.45, 2.75) is 0 Å². The number of para-hydroxylation sites is 2. The zero-order valence-electron chi connectivity index (χ0n) is 26.9. The first-order valence-corrected chi connectivity index (χ1v) is 16.9. The Morgan fingerprint density at radius 3 is 1.46 bits per heavy atom. The van der Waals surface area contributed by atoms with E-state index in [9.17, 15) is 0 Å². The zero-order chi connectivity index (χ0) is 33.4. The number of aromatic nitrogens is 4. The molecule has 0 fully saturated rings. The van der Waals surface area contributed by atoms with Gasteiger partial charge in [-0.25, -0.2) is 4.98 Å². The number of rotatable bonds is 6. The van der Waals surface area contributed by atoms with Gasteiger partial charge in [-0.1, -0.05) is 163 Å². The quantitative estimate of drug-likeness (QED) is 0.178. The average Bonchev–Trinajstić information content (AvgIpc) is 3.53. The van der Waals surface area contributed by atoms with Gasteiger partial charge in [0, 0.05) is 32.5 Å². The standard InChI is InChI=1S/C45H29ClN4/c46-40-29-38(34-23-11-10-22-33(34)30-16-4-1-5-17-30)39(28-37(40)31-18-6-2-7-19-31)44-47-43(32-20-8-3-9-21-32)48-45(49-44)50-41-26-14-12-24-35(41)36-25-13-15-27-42(36)50/h1-29H. The van der Waals surface area contributed by atoms with Gasteiger partial charge >= 0.3 is 0 Å². The molecule has 2 aromatic heterocycles. The zero-order valence-corrected chi connectivity index (χ0v) is 27.7. The van der Waals surface area contributed by atoms with Gasteiger partial charge in [0.1, 0.15) is 0 Å². The van der Waals surface area contributed by atoms with Crippen molar-refractivity contribution < 1.29 is 0 Å². The van der Waals surface area contributed by atoms with E-state index in [1.54, 1.807) is 0 Å². The highest BCUT2D eigenvalue weighted by Gasteiger charge is 2.22. The highest BCUT2D eigenvalue weighted by atomic mass is 35.5. The molecule has 7 aromatic carbocycles. The summed E-state index contributed by atoms with van der Waals surface area (Å²) in [5, 5.41) is 2.93. The normalized spacial score (nSPS) is 11.3. The van der Waals surface area contributed by atoms with E-state index in [0.717, 1.165) is 66.3 Å². The summed E-state index contributed by atoms with van der Waals surface area (Å²) in [7, 11) is 0. The average molecular weight is 661 g/mol. The summed E-state index contributed by atoms with van der Waals surface area (Å²) >= 11 is 7.18. The van der Waals surface area contributed by atoms with Gasteiger partial charge in [0.15, 0.2) is 11.6 Å². The molecule has 0 radical (unpaired) electrons. The second kappa shape index (κ2) is 12.6. The number of nitrogens with zero attached hydrogens (tertiary/aromatic N) is 4.